The molecule has 0 aliphatic carbocycles. The second-order valence-corrected chi connectivity index (χ2v) is 3.67. The Labute approximate surface area is 120 Å². The first kappa shape index (κ1) is 16.1. The van der Waals surface area contributed by atoms with Gasteiger partial charge >= 0.3 is 12.0 Å². The highest BCUT2D eigenvalue weighted by Gasteiger charge is 2.15. The maximum absolute atomic E-state index is 10.6. The van der Waals surface area contributed by atoms with Crippen LogP contribution in [0.1, 0.15) is 5.56 Å². The predicted molar refractivity (Wildman–Crippen MR) is 73.0 cm³/mol. The van der Waals surface area contributed by atoms with Crippen molar-refractivity contribution in [1.29, 1.82) is 0 Å². The van der Waals surface area contributed by atoms with Crippen molar-refractivity contribution in [1.82, 2.24) is 5.43 Å². The number of ether oxygens (including phenoxy) is 3. The van der Waals surface area contributed by atoms with Crippen LogP contribution in [0.5, 0.6) is 17.2 Å². The molecule has 0 bridgehead atoms. The van der Waals surface area contributed by atoms with Crippen molar-refractivity contribution in [3.8, 4) is 17.2 Å². The summed E-state index contributed by atoms with van der Waals surface area (Å²) in [5, 5.41) is 12.2. The summed E-state index contributed by atoms with van der Waals surface area (Å²) < 4.78 is 15.4. The molecule has 0 fully saturated rings. The smallest absolute Gasteiger partial charge is 0.341 e. The SMILES string of the molecule is COc1cc(C=NNC(N)=O)cc(OC)c1OCC(=O)O. The molecular weight excluding hydrogens is 282 g/mol. The molecule has 1 rings (SSSR count). The number of urea groups is 1. The van der Waals surface area contributed by atoms with Crippen LogP contribution in [0.25, 0.3) is 0 Å². The number of carboxylic acid groups (broad SMARTS) is 1. The van der Waals surface area contributed by atoms with Crippen molar-refractivity contribution in [2.75, 3.05) is 20.8 Å². The Bertz CT molecular complexity index is 533. The molecule has 9 nitrogen and oxygen atoms in total. The summed E-state index contributed by atoms with van der Waals surface area (Å²) in [4.78, 5) is 21.1. The number of carbonyl (C=O) groups excluding carboxylic acids is 1. The molecule has 0 radical (unpaired) electrons. The molecule has 0 aliphatic rings. The molecule has 4 N–H and O–H groups in total. The van der Waals surface area contributed by atoms with Gasteiger partial charge in [0, 0.05) is 5.56 Å². The van der Waals surface area contributed by atoms with E-state index in [9.17, 15) is 9.59 Å². The summed E-state index contributed by atoms with van der Waals surface area (Å²) in [5.74, 6) is -0.454. The van der Waals surface area contributed by atoms with Crippen molar-refractivity contribution < 1.29 is 28.9 Å². The second kappa shape index (κ2) is 7.58. The van der Waals surface area contributed by atoms with Crippen molar-refractivity contribution in [2.24, 2.45) is 10.8 Å². The van der Waals surface area contributed by atoms with Gasteiger partial charge in [-0.05, 0) is 12.1 Å². The molecule has 0 unspecified atom stereocenters. The van der Waals surface area contributed by atoms with Crippen LogP contribution < -0.4 is 25.4 Å². The number of primary amides is 1. The molecule has 2 amide bonds. The van der Waals surface area contributed by atoms with Crippen LogP contribution in [0.2, 0.25) is 0 Å². The van der Waals surface area contributed by atoms with Crippen molar-refractivity contribution in [2.45, 2.75) is 0 Å². The van der Waals surface area contributed by atoms with Gasteiger partial charge in [0.25, 0.3) is 0 Å². The molecule has 0 aliphatic heterocycles. The zero-order valence-corrected chi connectivity index (χ0v) is 11.5. The fourth-order valence-electron chi connectivity index (χ4n) is 1.42. The van der Waals surface area contributed by atoms with Gasteiger partial charge in [-0.25, -0.2) is 15.0 Å². The highest BCUT2D eigenvalue weighted by Crippen LogP contribution is 2.38. The number of carboxylic acids is 1. The fraction of sp³-hybridized carbons (Fsp3) is 0.250. The Morgan fingerprint density at radius 1 is 1.33 bits per heavy atom. The van der Waals surface area contributed by atoms with Crippen LogP contribution in [0, 0.1) is 0 Å². The summed E-state index contributed by atoms with van der Waals surface area (Å²) in [6, 6.07) is 2.27. The zero-order chi connectivity index (χ0) is 15.8. The lowest BCUT2D eigenvalue weighted by atomic mass is 10.2. The number of hydrogen-bond acceptors (Lipinski definition) is 6. The molecule has 114 valence electrons. The van der Waals surface area contributed by atoms with Gasteiger partial charge in [-0.15, -0.1) is 0 Å². The molecule has 0 saturated carbocycles. The number of carbonyl (C=O) groups is 2. The second-order valence-electron chi connectivity index (χ2n) is 3.67. The van der Waals surface area contributed by atoms with E-state index < -0.39 is 18.6 Å². The highest BCUT2D eigenvalue weighted by atomic mass is 16.5. The van der Waals surface area contributed by atoms with Crippen molar-refractivity contribution >= 4 is 18.2 Å². The number of benzene rings is 1. The van der Waals surface area contributed by atoms with Gasteiger partial charge in [0.1, 0.15) is 0 Å². The molecule has 0 saturated heterocycles. The molecule has 1 aromatic rings. The van der Waals surface area contributed by atoms with Gasteiger partial charge in [0.15, 0.2) is 18.1 Å². The van der Waals surface area contributed by atoms with Gasteiger partial charge < -0.3 is 25.1 Å². The van der Waals surface area contributed by atoms with Crippen LogP contribution in [0.4, 0.5) is 4.79 Å². The molecule has 9 heteroatoms. The Kier molecular flexibility index (Phi) is 5.80. The molecule has 0 aromatic heterocycles. The number of nitrogens with zero attached hydrogens (tertiary/aromatic N) is 1. The van der Waals surface area contributed by atoms with Crippen LogP contribution in [0.15, 0.2) is 17.2 Å². The third-order valence-electron chi connectivity index (χ3n) is 2.21. The Morgan fingerprint density at radius 2 is 1.90 bits per heavy atom. The number of amides is 2. The van der Waals surface area contributed by atoms with E-state index in [-0.39, 0.29) is 17.2 Å². The topological polar surface area (TPSA) is 132 Å². The lowest BCUT2D eigenvalue weighted by Crippen LogP contribution is -2.24. The molecule has 21 heavy (non-hydrogen) atoms. The summed E-state index contributed by atoms with van der Waals surface area (Å²) in [6.45, 7) is -0.538. The van der Waals surface area contributed by atoms with Gasteiger partial charge in [0.2, 0.25) is 5.75 Å². The summed E-state index contributed by atoms with van der Waals surface area (Å²) in [5.41, 5.74) is 7.44. The number of nitrogens with two attached hydrogens (primary N) is 1. The van der Waals surface area contributed by atoms with Crippen molar-refractivity contribution in [3.05, 3.63) is 17.7 Å². The number of hydrazone groups is 1. The molecular formula is C12H15N3O6. The largest absolute Gasteiger partial charge is 0.493 e. The average Bonchev–Trinajstić information content (AvgIpc) is 2.44. The number of hydrogen-bond donors (Lipinski definition) is 3. The van der Waals surface area contributed by atoms with E-state index in [0.717, 1.165) is 0 Å². The minimum atomic E-state index is -1.13. The maximum atomic E-state index is 10.6. The zero-order valence-electron chi connectivity index (χ0n) is 11.5. The predicted octanol–water partition coefficient (Wildman–Crippen LogP) is 0.169. The van der Waals surface area contributed by atoms with Crippen LogP contribution in [-0.4, -0.2) is 44.1 Å². The Morgan fingerprint density at radius 3 is 2.33 bits per heavy atom. The standard InChI is InChI=1S/C12H15N3O6/c1-19-8-3-7(5-14-15-12(13)18)4-9(20-2)11(8)21-6-10(16)17/h3-5H,6H2,1-2H3,(H,16,17)(H3,13,15,18). The molecule has 0 heterocycles. The first-order valence-corrected chi connectivity index (χ1v) is 5.67. The molecule has 0 atom stereocenters. The third kappa shape index (κ3) is 4.90. The van der Waals surface area contributed by atoms with E-state index in [4.69, 9.17) is 25.1 Å². The van der Waals surface area contributed by atoms with Gasteiger partial charge in [0.05, 0.1) is 20.4 Å². The molecule has 1 aromatic carbocycles. The third-order valence-corrected chi connectivity index (χ3v) is 2.21. The van der Waals surface area contributed by atoms with Crippen LogP contribution >= 0.6 is 0 Å². The monoisotopic (exact) mass is 297 g/mol. The average molecular weight is 297 g/mol. The quantitative estimate of drug-likeness (QED) is 0.485. The van der Waals surface area contributed by atoms with Crippen LogP contribution in [0.3, 0.4) is 0 Å². The van der Waals surface area contributed by atoms with E-state index in [2.05, 4.69) is 5.10 Å². The van der Waals surface area contributed by atoms with Crippen LogP contribution in [-0.2, 0) is 4.79 Å². The number of rotatable bonds is 7. The number of nitrogens with one attached hydrogen (secondary N) is 1. The van der Waals surface area contributed by atoms with E-state index in [1.54, 1.807) is 0 Å². The fourth-order valence-corrected chi connectivity index (χ4v) is 1.42. The minimum absolute atomic E-state index is 0.155. The number of methoxy groups -OCH3 is 2. The lowest BCUT2D eigenvalue weighted by molar-refractivity contribution is -0.139. The van der Waals surface area contributed by atoms with E-state index >= 15 is 0 Å². The normalized spacial score (nSPS) is 10.2. The maximum Gasteiger partial charge on any atom is 0.341 e. The molecule has 0 spiro atoms. The number of aliphatic carboxylic acids is 1. The first-order valence-electron chi connectivity index (χ1n) is 5.67. The van der Waals surface area contributed by atoms with E-state index in [0.29, 0.717) is 5.56 Å². The summed E-state index contributed by atoms with van der Waals surface area (Å²) in [7, 11) is 2.79. The van der Waals surface area contributed by atoms with E-state index in [1.165, 1.54) is 32.6 Å². The van der Waals surface area contributed by atoms with Crippen molar-refractivity contribution in [3.63, 3.8) is 0 Å². The Hall–Kier alpha value is -2.97. The first-order chi connectivity index (χ1) is 9.97. The van der Waals surface area contributed by atoms with E-state index in [1.807, 2.05) is 5.43 Å². The Balaban J connectivity index is 3.07. The minimum Gasteiger partial charge on any atom is -0.493 e. The van der Waals surface area contributed by atoms with Gasteiger partial charge in [-0.3, -0.25) is 0 Å². The summed E-state index contributed by atoms with van der Waals surface area (Å²) in [6.07, 6.45) is 1.32. The lowest BCUT2D eigenvalue weighted by Gasteiger charge is -2.14. The summed E-state index contributed by atoms with van der Waals surface area (Å²) >= 11 is 0. The highest BCUT2D eigenvalue weighted by molar-refractivity contribution is 5.83. The van der Waals surface area contributed by atoms with Gasteiger partial charge in [-0.1, -0.05) is 0 Å². The van der Waals surface area contributed by atoms with Gasteiger partial charge in [-0.2, -0.15) is 5.10 Å².